The van der Waals surface area contributed by atoms with Crippen molar-refractivity contribution in [3.8, 4) is 11.3 Å². The molecule has 7 heteroatoms. The zero-order valence-electron chi connectivity index (χ0n) is 18.5. The van der Waals surface area contributed by atoms with Gasteiger partial charge < -0.3 is 10.2 Å². The number of pyridine rings is 2. The lowest BCUT2D eigenvalue weighted by Crippen LogP contribution is -2.48. The van der Waals surface area contributed by atoms with Gasteiger partial charge in [-0.2, -0.15) is 0 Å². The monoisotopic (exact) mass is 433 g/mol. The molecule has 1 aliphatic heterocycles. The fraction of sp³-hybridized carbons (Fsp3) is 0.320. The number of amides is 1. The molecule has 1 amide bonds. The number of hydrogen-bond acceptors (Lipinski definition) is 5. The first-order valence-electron chi connectivity index (χ1n) is 10.9. The second kappa shape index (κ2) is 9.97. The van der Waals surface area contributed by atoms with E-state index in [1.807, 2.05) is 24.3 Å². The summed E-state index contributed by atoms with van der Waals surface area (Å²) in [4.78, 5) is 25.8. The highest BCUT2D eigenvalue weighted by atomic mass is 19.1. The Morgan fingerprint density at radius 2 is 1.94 bits per heavy atom. The van der Waals surface area contributed by atoms with E-state index in [1.165, 1.54) is 12.1 Å². The number of anilines is 1. The molecule has 0 saturated carbocycles. The zero-order chi connectivity index (χ0) is 22.5. The minimum Gasteiger partial charge on any atom is -0.314 e. The molecule has 6 nitrogen and oxygen atoms in total. The summed E-state index contributed by atoms with van der Waals surface area (Å²) in [5, 5.41) is 3.44. The van der Waals surface area contributed by atoms with Gasteiger partial charge in [-0.15, -0.1) is 0 Å². The number of aromatic nitrogens is 2. The van der Waals surface area contributed by atoms with Crippen molar-refractivity contribution in [1.29, 1.82) is 0 Å². The molecule has 1 N–H and O–H groups in total. The third-order valence-corrected chi connectivity index (χ3v) is 5.73. The molecule has 0 radical (unpaired) electrons. The molecule has 1 saturated heterocycles. The van der Waals surface area contributed by atoms with Gasteiger partial charge in [0.15, 0.2) is 0 Å². The van der Waals surface area contributed by atoms with Crippen LogP contribution in [0.15, 0.2) is 60.9 Å². The number of likely N-dealkylation sites (N-methyl/N-ethyl adjacent to an activating group) is 1. The maximum absolute atomic E-state index is 13.1. The van der Waals surface area contributed by atoms with E-state index in [-0.39, 0.29) is 18.1 Å². The van der Waals surface area contributed by atoms with Gasteiger partial charge in [-0.25, -0.2) is 4.39 Å². The Balaban J connectivity index is 1.34. The van der Waals surface area contributed by atoms with Crippen LogP contribution in [0.1, 0.15) is 18.2 Å². The van der Waals surface area contributed by atoms with E-state index in [2.05, 4.69) is 27.1 Å². The van der Waals surface area contributed by atoms with Crippen LogP contribution in [0.5, 0.6) is 0 Å². The molecule has 0 spiro atoms. The molecule has 1 aromatic carbocycles. The van der Waals surface area contributed by atoms with E-state index in [0.29, 0.717) is 6.04 Å². The van der Waals surface area contributed by atoms with Gasteiger partial charge in [0.05, 0.1) is 29.7 Å². The van der Waals surface area contributed by atoms with Crippen molar-refractivity contribution in [1.82, 2.24) is 20.2 Å². The van der Waals surface area contributed by atoms with Gasteiger partial charge in [0.25, 0.3) is 0 Å². The highest BCUT2D eigenvalue weighted by molar-refractivity contribution is 5.94. The Bertz CT molecular complexity index is 1040. The van der Waals surface area contributed by atoms with Crippen molar-refractivity contribution in [3.63, 3.8) is 0 Å². The Kier molecular flexibility index (Phi) is 6.87. The molecular formula is C25H28FN5O. The zero-order valence-corrected chi connectivity index (χ0v) is 18.5. The van der Waals surface area contributed by atoms with Gasteiger partial charge >= 0.3 is 0 Å². The van der Waals surface area contributed by atoms with Crippen LogP contribution >= 0.6 is 0 Å². The molecule has 0 unspecified atom stereocenters. The molecule has 0 aliphatic carbocycles. The minimum atomic E-state index is -0.278. The summed E-state index contributed by atoms with van der Waals surface area (Å²) >= 11 is 0. The van der Waals surface area contributed by atoms with E-state index < -0.39 is 0 Å². The number of rotatable bonds is 6. The number of hydrogen-bond donors (Lipinski definition) is 1. The number of halogens is 1. The third-order valence-electron chi connectivity index (χ3n) is 5.73. The lowest BCUT2D eigenvalue weighted by molar-refractivity contribution is -0.117. The van der Waals surface area contributed by atoms with Crippen LogP contribution in [0.4, 0.5) is 10.1 Å². The van der Waals surface area contributed by atoms with E-state index in [1.54, 1.807) is 36.5 Å². The number of carbonyl (C=O) groups excluding carboxylic acids is 1. The van der Waals surface area contributed by atoms with E-state index in [9.17, 15) is 9.18 Å². The van der Waals surface area contributed by atoms with Crippen molar-refractivity contribution in [3.05, 3.63) is 78.0 Å². The Morgan fingerprint density at radius 3 is 2.59 bits per heavy atom. The summed E-state index contributed by atoms with van der Waals surface area (Å²) in [6.45, 7) is 6.03. The van der Waals surface area contributed by atoms with Crippen LogP contribution in [0.25, 0.3) is 11.3 Å². The third kappa shape index (κ3) is 5.55. The Morgan fingerprint density at radius 1 is 1.12 bits per heavy atom. The molecule has 4 rings (SSSR count). The van der Waals surface area contributed by atoms with Gasteiger partial charge in [-0.05, 0) is 55.0 Å². The summed E-state index contributed by atoms with van der Waals surface area (Å²) in [6, 6.07) is 14.4. The molecule has 166 valence electrons. The van der Waals surface area contributed by atoms with Crippen molar-refractivity contribution in [2.24, 2.45) is 0 Å². The van der Waals surface area contributed by atoms with Crippen LogP contribution in [-0.2, 0) is 17.8 Å². The lowest BCUT2D eigenvalue weighted by Gasteiger charge is -2.31. The van der Waals surface area contributed by atoms with Gasteiger partial charge in [0.2, 0.25) is 5.91 Å². The average molecular weight is 434 g/mol. The largest absolute Gasteiger partial charge is 0.314 e. The van der Waals surface area contributed by atoms with Gasteiger partial charge in [0, 0.05) is 51.0 Å². The molecule has 2 aromatic heterocycles. The van der Waals surface area contributed by atoms with Crippen LogP contribution in [-0.4, -0.2) is 53.5 Å². The predicted octanol–water partition coefficient (Wildman–Crippen LogP) is 3.28. The molecule has 0 bridgehead atoms. The number of nitrogens with one attached hydrogen (secondary N) is 1. The van der Waals surface area contributed by atoms with Crippen LogP contribution in [0.3, 0.4) is 0 Å². The molecule has 32 heavy (non-hydrogen) atoms. The summed E-state index contributed by atoms with van der Waals surface area (Å²) in [7, 11) is 1.76. The van der Waals surface area contributed by atoms with Gasteiger partial charge in [-0.1, -0.05) is 6.07 Å². The molecule has 3 heterocycles. The number of piperazine rings is 1. The van der Waals surface area contributed by atoms with Crippen molar-refractivity contribution in [2.45, 2.75) is 25.9 Å². The maximum Gasteiger partial charge on any atom is 0.231 e. The van der Waals surface area contributed by atoms with Gasteiger partial charge in [-0.3, -0.25) is 19.7 Å². The molecule has 1 fully saturated rings. The normalized spacial score (nSPS) is 16.7. The SMILES string of the molecule is C[C@H]1CN(Cc2ccc(N(C)C(=O)Cc3ccc(-c4ccc(F)cc4)nc3)cn2)CCN1. The first kappa shape index (κ1) is 22.0. The van der Waals surface area contributed by atoms with Crippen molar-refractivity contribution >= 4 is 11.6 Å². The van der Waals surface area contributed by atoms with Crippen LogP contribution < -0.4 is 10.2 Å². The summed E-state index contributed by atoms with van der Waals surface area (Å²) < 4.78 is 13.1. The minimum absolute atomic E-state index is 0.0354. The van der Waals surface area contributed by atoms with Crippen LogP contribution in [0, 0.1) is 5.82 Å². The quantitative estimate of drug-likeness (QED) is 0.647. The highest BCUT2D eigenvalue weighted by Gasteiger charge is 2.17. The summed E-state index contributed by atoms with van der Waals surface area (Å²) in [5.41, 5.74) is 4.17. The average Bonchev–Trinajstić information content (AvgIpc) is 2.80. The maximum atomic E-state index is 13.1. The Hall–Kier alpha value is -3.16. The van der Waals surface area contributed by atoms with E-state index in [4.69, 9.17) is 0 Å². The second-order valence-corrected chi connectivity index (χ2v) is 8.29. The highest BCUT2D eigenvalue weighted by Crippen LogP contribution is 2.19. The number of nitrogens with zero attached hydrogens (tertiary/aromatic N) is 4. The fourth-order valence-corrected chi connectivity index (χ4v) is 3.85. The molecule has 3 aromatic rings. The molecular weight excluding hydrogens is 405 g/mol. The fourth-order valence-electron chi connectivity index (χ4n) is 3.85. The van der Waals surface area contributed by atoms with E-state index in [0.717, 1.165) is 54.4 Å². The first-order valence-corrected chi connectivity index (χ1v) is 10.9. The van der Waals surface area contributed by atoms with Gasteiger partial charge in [0.1, 0.15) is 5.82 Å². The molecule has 1 atom stereocenters. The summed E-state index contributed by atoms with van der Waals surface area (Å²) in [5.74, 6) is -0.313. The standard InChI is InChI=1S/C25H28FN5O/c1-18-16-31(12-11-27-18)17-22-8-9-23(15-28-22)30(2)25(32)13-19-3-10-24(29-14-19)20-4-6-21(26)7-5-20/h3-10,14-15,18,27H,11-13,16-17H2,1-2H3/t18-/m0/s1. The topological polar surface area (TPSA) is 61.4 Å². The molecule has 1 aliphatic rings. The van der Waals surface area contributed by atoms with Crippen molar-refractivity contribution in [2.75, 3.05) is 31.6 Å². The smallest absolute Gasteiger partial charge is 0.231 e. The van der Waals surface area contributed by atoms with Crippen molar-refractivity contribution < 1.29 is 9.18 Å². The van der Waals surface area contributed by atoms with E-state index >= 15 is 0 Å². The predicted molar refractivity (Wildman–Crippen MR) is 124 cm³/mol. The lowest BCUT2D eigenvalue weighted by atomic mass is 10.1. The number of carbonyl (C=O) groups is 1. The number of benzene rings is 1. The Labute approximate surface area is 188 Å². The van der Waals surface area contributed by atoms with Crippen LogP contribution in [0.2, 0.25) is 0 Å². The second-order valence-electron chi connectivity index (χ2n) is 8.29. The first-order chi connectivity index (χ1) is 15.5. The summed E-state index contributed by atoms with van der Waals surface area (Å²) in [6.07, 6.45) is 3.70.